The van der Waals surface area contributed by atoms with Gasteiger partial charge in [-0.1, -0.05) is 13.8 Å². The van der Waals surface area contributed by atoms with Crippen molar-refractivity contribution < 1.29 is 19.1 Å². The topological polar surface area (TPSA) is 59.1 Å². The molecule has 0 aromatic carbocycles. The lowest BCUT2D eigenvalue weighted by Crippen LogP contribution is -2.69. The highest BCUT2D eigenvalue weighted by molar-refractivity contribution is 5.72. The first-order valence-corrected chi connectivity index (χ1v) is 6.29. The van der Waals surface area contributed by atoms with E-state index in [2.05, 4.69) is 4.90 Å². The molecule has 18 heavy (non-hydrogen) atoms. The van der Waals surface area contributed by atoms with E-state index in [4.69, 9.17) is 9.47 Å². The van der Waals surface area contributed by atoms with Crippen molar-refractivity contribution in [3.63, 3.8) is 0 Å². The van der Waals surface area contributed by atoms with Crippen LogP contribution in [0.4, 0.5) is 4.79 Å². The lowest BCUT2D eigenvalue weighted by Gasteiger charge is -2.54. The van der Waals surface area contributed by atoms with Gasteiger partial charge in [-0.3, -0.25) is 9.69 Å². The highest BCUT2D eigenvalue weighted by atomic mass is 16.7. The summed E-state index contributed by atoms with van der Waals surface area (Å²) in [6.45, 7) is 4.95. The third-order valence-electron chi connectivity index (χ3n) is 3.44. The number of piperidine rings is 1. The molecule has 0 saturated carbocycles. The normalized spacial score (nSPS) is 26.8. The van der Waals surface area contributed by atoms with Gasteiger partial charge in [-0.25, -0.2) is 4.79 Å². The van der Waals surface area contributed by atoms with E-state index >= 15 is 0 Å². The Hall–Kier alpha value is -1.30. The molecule has 0 radical (unpaired) electrons. The summed E-state index contributed by atoms with van der Waals surface area (Å²) >= 11 is 0. The Kier molecular flexibility index (Phi) is 3.75. The summed E-state index contributed by atoms with van der Waals surface area (Å²) in [6, 6.07) is 0.504. The number of ether oxygens (including phenoxy) is 2. The zero-order valence-corrected chi connectivity index (χ0v) is 11.1. The van der Waals surface area contributed by atoms with Crippen LogP contribution in [0, 0.1) is 5.92 Å². The van der Waals surface area contributed by atoms with Gasteiger partial charge >= 0.3 is 12.1 Å². The van der Waals surface area contributed by atoms with Gasteiger partial charge in [-0.15, -0.1) is 0 Å². The molecule has 102 valence electrons. The molecular formula is C12H20N2O4. The van der Waals surface area contributed by atoms with E-state index in [0.717, 1.165) is 19.5 Å². The Bertz CT molecular complexity index is 333. The summed E-state index contributed by atoms with van der Waals surface area (Å²) in [6.07, 6.45) is 0.673. The molecule has 6 nitrogen and oxygen atoms in total. The fourth-order valence-electron chi connectivity index (χ4n) is 2.50. The van der Waals surface area contributed by atoms with Crippen LogP contribution in [0.2, 0.25) is 0 Å². The van der Waals surface area contributed by atoms with Gasteiger partial charge in [0.15, 0.2) is 0 Å². The number of hydrogen-bond acceptors (Lipinski definition) is 5. The summed E-state index contributed by atoms with van der Waals surface area (Å²) < 4.78 is 9.78. The molecule has 3 aliphatic heterocycles. The number of hydrogen-bond donors (Lipinski definition) is 0. The number of esters is 1. The summed E-state index contributed by atoms with van der Waals surface area (Å²) in [4.78, 5) is 26.9. The maximum absolute atomic E-state index is 11.8. The first-order chi connectivity index (χ1) is 8.49. The lowest BCUT2D eigenvalue weighted by atomic mass is 9.88. The summed E-state index contributed by atoms with van der Waals surface area (Å²) in [5.74, 6) is -0.563. The van der Waals surface area contributed by atoms with E-state index in [0.29, 0.717) is 0 Å². The number of fused-ring (bicyclic) bond motifs is 2. The predicted molar refractivity (Wildman–Crippen MR) is 63.8 cm³/mol. The van der Waals surface area contributed by atoms with Crippen LogP contribution in [0.5, 0.6) is 0 Å². The van der Waals surface area contributed by atoms with E-state index < -0.39 is 0 Å². The van der Waals surface area contributed by atoms with E-state index in [1.165, 1.54) is 0 Å². The summed E-state index contributed by atoms with van der Waals surface area (Å²) in [7, 11) is 2.05. The highest BCUT2D eigenvalue weighted by Gasteiger charge is 2.47. The fourth-order valence-corrected chi connectivity index (χ4v) is 2.50. The largest absolute Gasteiger partial charge is 0.428 e. The maximum Gasteiger partial charge on any atom is 0.413 e. The zero-order valence-electron chi connectivity index (χ0n) is 11.1. The lowest BCUT2D eigenvalue weighted by molar-refractivity contribution is -0.157. The predicted octanol–water partition coefficient (Wildman–Crippen LogP) is 0.668. The van der Waals surface area contributed by atoms with Crippen LogP contribution < -0.4 is 0 Å². The number of nitrogens with zero attached hydrogens (tertiary/aromatic N) is 2. The second-order valence-electron chi connectivity index (χ2n) is 5.32. The molecule has 3 aliphatic rings. The molecule has 0 N–H and O–H groups in total. The monoisotopic (exact) mass is 256 g/mol. The molecule has 6 heteroatoms. The van der Waals surface area contributed by atoms with Crippen molar-refractivity contribution in [2.75, 3.05) is 26.9 Å². The van der Waals surface area contributed by atoms with E-state index in [1.54, 1.807) is 18.7 Å². The van der Waals surface area contributed by atoms with Crippen LogP contribution in [0.3, 0.4) is 0 Å². The van der Waals surface area contributed by atoms with Crippen molar-refractivity contribution in [1.29, 1.82) is 0 Å². The van der Waals surface area contributed by atoms with Gasteiger partial charge in [0.2, 0.25) is 6.79 Å². The van der Waals surface area contributed by atoms with Gasteiger partial charge in [0.1, 0.15) is 0 Å². The van der Waals surface area contributed by atoms with Crippen molar-refractivity contribution in [3.05, 3.63) is 0 Å². The first-order valence-electron chi connectivity index (χ1n) is 6.29. The number of piperazine rings is 1. The number of rotatable bonds is 3. The molecule has 0 spiro atoms. The number of carbonyl (C=O) groups excluding carboxylic acids is 2. The van der Waals surface area contributed by atoms with Crippen LogP contribution in [-0.4, -0.2) is 60.9 Å². The number of amides is 1. The quantitative estimate of drug-likeness (QED) is 0.548. The molecule has 0 aromatic rings. The minimum absolute atomic E-state index is 0.208. The Morgan fingerprint density at radius 3 is 2.39 bits per heavy atom. The first kappa shape index (κ1) is 13.1. The average molecular weight is 256 g/mol. The van der Waals surface area contributed by atoms with E-state index in [1.807, 2.05) is 7.05 Å². The van der Waals surface area contributed by atoms with Crippen LogP contribution >= 0.6 is 0 Å². The molecule has 2 unspecified atom stereocenters. The van der Waals surface area contributed by atoms with Gasteiger partial charge in [0.05, 0.1) is 18.0 Å². The Labute approximate surface area is 107 Å². The minimum atomic E-state index is -0.374. The molecular weight excluding hydrogens is 236 g/mol. The highest BCUT2D eigenvalue weighted by Crippen LogP contribution is 2.31. The molecule has 3 fully saturated rings. The standard InChI is InChI=1S/C12H20N2O4/c1-8(2)11(15)17-7-18-12(16)14-9-4-10(14)6-13(3)5-9/h8-10H,4-7H2,1-3H3. The summed E-state index contributed by atoms with van der Waals surface area (Å²) in [5.41, 5.74) is 0. The molecule has 0 aliphatic carbocycles. The van der Waals surface area contributed by atoms with Crippen molar-refractivity contribution in [2.24, 2.45) is 5.92 Å². The molecule has 3 rings (SSSR count). The van der Waals surface area contributed by atoms with Crippen molar-refractivity contribution in [1.82, 2.24) is 9.80 Å². The van der Waals surface area contributed by atoms with Crippen molar-refractivity contribution in [3.8, 4) is 0 Å². The van der Waals surface area contributed by atoms with Crippen LogP contribution in [0.15, 0.2) is 0 Å². The molecule has 3 saturated heterocycles. The molecule has 1 amide bonds. The van der Waals surface area contributed by atoms with Gasteiger partial charge in [-0.2, -0.15) is 0 Å². The van der Waals surface area contributed by atoms with Gasteiger partial charge in [0, 0.05) is 13.1 Å². The Morgan fingerprint density at radius 2 is 1.83 bits per heavy atom. The Morgan fingerprint density at radius 1 is 1.22 bits per heavy atom. The molecule has 2 atom stereocenters. The molecule has 3 heterocycles. The SMILES string of the molecule is CC(C)C(=O)OCOC(=O)N1C2CC1CN(C)C2. The fraction of sp³-hybridized carbons (Fsp3) is 0.833. The van der Waals surface area contributed by atoms with Gasteiger partial charge in [0.25, 0.3) is 0 Å². The smallest absolute Gasteiger partial charge is 0.413 e. The number of carbonyl (C=O) groups is 2. The van der Waals surface area contributed by atoms with Crippen molar-refractivity contribution >= 4 is 12.1 Å². The van der Waals surface area contributed by atoms with Gasteiger partial charge < -0.3 is 14.4 Å². The van der Waals surface area contributed by atoms with E-state index in [9.17, 15) is 9.59 Å². The van der Waals surface area contributed by atoms with Gasteiger partial charge in [-0.05, 0) is 13.5 Å². The third kappa shape index (κ3) is 2.58. The van der Waals surface area contributed by atoms with Crippen LogP contribution in [0.1, 0.15) is 20.3 Å². The minimum Gasteiger partial charge on any atom is -0.428 e. The zero-order chi connectivity index (χ0) is 13.3. The molecule has 2 bridgehead atoms. The van der Waals surface area contributed by atoms with Crippen LogP contribution in [0.25, 0.3) is 0 Å². The second kappa shape index (κ2) is 5.14. The second-order valence-corrected chi connectivity index (χ2v) is 5.32. The number of likely N-dealkylation sites (N-methyl/N-ethyl adjacent to an activating group) is 1. The third-order valence-corrected chi connectivity index (χ3v) is 3.44. The van der Waals surface area contributed by atoms with Crippen LogP contribution in [-0.2, 0) is 14.3 Å². The maximum atomic E-state index is 11.8. The van der Waals surface area contributed by atoms with Crippen molar-refractivity contribution in [2.45, 2.75) is 32.4 Å². The Balaban J connectivity index is 1.72. The average Bonchev–Trinajstić information content (AvgIpc) is 2.27. The summed E-state index contributed by atoms with van der Waals surface area (Å²) in [5, 5.41) is 0. The van der Waals surface area contributed by atoms with E-state index in [-0.39, 0.29) is 36.9 Å². The molecule has 0 aromatic heterocycles.